The number of anilines is 1. The summed E-state index contributed by atoms with van der Waals surface area (Å²) in [6.45, 7) is 5.79. The number of halogens is 1. The SMILES string of the molecule is CCC1CCN(Cc2cnc(N)s2)CC1.Cl. The summed E-state index contributed by atoms with van der Waals surface area (Å²) in [5, 5.41) is 0.688. The van der Waals surface area contributed by atoms with E-state index in [0.29, 0.717) is 5.13 Å². The first-order valence-corrected chi connectivity index (χ1v) is 6.52. The van der Waals surface area contributed by atoms with E-state index >= 15 is 0 Å². The predicted octanol–water partition coefficient (Wildman–Crippen LogP) is 2.77. The van der Waals surface area contributed by atoms with Gasteiger partial charge < -0.3 is 5.73 Å². The molecule has 0 unspecified atom stereocenters. The standard InChI is InChI=1S/C11H19N3S.ClH/c1-2-9-3-5-14(6-4-9)8-10-7-13-11(12)15-10;/h7,9H,2-6,8H2,1H3,(H2,12,13);1H. The summed E-state index contributed by atoms with van der Waals surface area (Å²) in [5.74, 6) is 0.952. The van der Waals surface area contributed by atoms with Crippen LogP contribution in [0, 0.1) is 5.92 Å². The number of rotatable bonds is 3. The highest BCUT2D eigenvalue weighted by Crippen LogP contribution is 2.23. The molecule has 0 saturated carbocycles. The van der Waals surface area contributed by atoms with Crippen molar-refractivity contribution in [3.05, 3.63) is 11.1 Å². The number of hydrogen-bond donors (Lipinski definition) is 1. The summed E-state index contributed by atoms with van der Waals surface area (Å²) < 4.78 is 0. The topological polar surface area (TPSA) is 42.2 Å². The first kappa shape index (κ1) is 13.7. The van der Waals surface area contributed by atoms with Crippen molar-refractivity contribution in [3.63, 3.8) is 0 Å². The van der Waals surface area contributed by atoms with Crippen LogP contribution in [0.15, 0.2) is 6.20 Å². The van der Waals surface area contributed by atoms with Crippen LogP contribution in [-0.4, -0.2) is 23.0 Å². The van der Waals surface area contributed by atoms with E-state index in [4.69, 9.17) is 5.73 Å². The molecule has 3 nitrogen and oxygen atoms in total. The zero-order valence-corrected chi connectivity index (χ0v) is 11.3. The van der Waals surface area contributed by atoms with Crippen molar-refractivity contribution in [3.8, 4) is 0 Å². The summed E-state index contributed by atoms with van der Waals surface area (Å²) in [7, 11) is 0. The molecule has 0 atom stereocenters. The van der Waals surface area contributed by atoms with Crippen LogP contribution < -0.4 is 5.73 Å². The van der Waals surface area contributed by atoms with E-state index in [0.717, 1.165) is 12.5 Å². The largest absolute Gasteiger partial charge is 0.375 e. The highest BCUT2D eigenvalue weighted by atomic mass is 35.5. The third-order valence-electron chi connectivity index (χ3n) is 3.24. The van der Waals surface area contributed by atoms with E-state index in [1.54, 1.807) is 11.3 Å². The molecule has 0 spiro atoms. The molecule has 0 aromatic carbocycles. The van der Waals surface area contributed by atoms with Gasteiger partial charge in [-0.25, -0.2) is 4.98 Å². The van der Waals surface area contributed by atoms with Gasteiger partial charge in [-0.2, -0.15) is 0 Å². The van der Waals surface area contributed by atoms with Gasteiger partial charge >= 0.3 is 0 Å². The fraction of sp³-hybridized carbons (Fsp3) is 0.727. The molecule has 0 radical (unpaired) electrons. The van der Waals surface area contributed by atoms with E-state index in [-0.39, 0.29) is 12.4 Å². The van der Waals surface area contributed by atoms with Crippen molar-refractivity contribution in [2.45, 2.75) is 32.7 Å². The Morgan fingerprint density at radius 2 is 2.19 bits per heavy atom. The predicted molar refractivity (Wildman–Crippen MR) is 72.1 cm³/mol. The van der Waals surface area contributed by atoms with Gasteiger partial charge in [-0.15, -0.1) is 23.7 Å². The molecule has 2 rings (SSSR count). The average molecular weight is 262 g/mol. The zero-order chi connectivity index (χ0) is 10.7. The Hall–Kier alpha value is -0.320. The number of nitrogens with two attached hydrogens (primary N) is 1. The highest BCUT2D eigenvalue weighted by Gasteiger charge is 2.18. The molecule has 1 aromatic rings. The monoisotopic (exact) mass is 261 g/mol. The van der Waals surface area contributed by atoms with Crippen LogP contribution in [0.4, 0.5) is 5.13 Å². The molecule has 2 heterocycles. The number of thiazole rings is 1. The first-order chi connectivity index (χ1) is 7.28. The van der Waals surface area contributed by atoms with Gasteiger partial charge in [0, 0.05) is 17.6 Å². The Morgan fingerprint density at radius 1 is 1.50 bits per heavy atom. The molecular formula is C11H20ClN3S. The van der Waals surface area contributed by atoms with E-state index < -0.39 is 0 Å². The summed E-state index contributed by atoms with van der Waals surface area (Å²) in [4.78, 5) is 7.89. The smallest absolute Gasteiger partial charge is 0.180 e. The lowest BCUT2D eigenvalue weighted by molar-refractivity contribution is 0.176. The number of hydrogen-bond acceptors (Lipinski definition) is 4. The number of piperidine rings is 1. The normalized spacial score (nSPS) is 18.3. The van der Waals surface area contributed by atoms with Gasteiger partial charge in [0.1, 0.15) is 0 Å². The van der Waals surface area contributed by atoms with Crippen molar-refractivity contribution in [2.75, 3.05) is 18.8 Å². The second-order valence-corrected chi connectivity index (χ2v) is 5.44. The lowest BCUT2D eigenvalue weighted by atomic mass is 9.94. The lowest BCUT2D eigenvalue weighted by Crippen LogP contribution is -2.32. The lowest BCUT2D eigenvalue weighted by Gasteiger charge is -2.30. The quantitative estimate of drug-likeness (QED) is 0.910. The maximum absolute atomic E-state index is 5.62. The van der Waals surface area contributed by atoms with Gasteiger partial charge in [0.2, 0.25) is 0 Å². The Balaban J connectivity index is 0.00000128. The highest BCUT2D eigenvalue weighted by molar-refractivity contribution is 7.15. The van der Waals surface area contributed by atoms with Crippen LogP contribution in [-0.2, 0) is 6.54 Å². The molecule has 1 saturated heterocycles. The third-order valence-corrected chi connectivity index (χ3v) is 4.05. The molecular weight excluding hydrogens is 242 g/mol. The van der Waals surface area contributed by atoms with Gasteiger partial charge in [-0.05, 0) is 31.8 Å². The minimum atomic E-state index is 0. The fourth-order valence-corrected chi connectivity index (χ4v) is 2.90. The summed E-state index contributed by atoms with van der Waals surface area (Å²) in [6, 6.07) is 0. The van der Waals surface area contributed by atoms with Gasteiger partial charge in [0.05, 0.1) is 0 Å². The Bertz CT molecular complexity index is 308. The second-order valence-electron chi connectivity index (χ2n) is 4.29. The number of nitrogen functional groups attached to an aromatic ring is 1. The number of nitrogens with zero attached hydrogens (tertiary/aromatic N) is 2. The van der Waals surface area contributed by atoms with Crippen LogP contribution in [0.1, 0.15) is 31.1 Å². The second kappa shape index (κ2) is 6.42. The Morgan fingerprint density at radius 3 is 2.69 bits per heavy atom. The third kappa shape index (κ3) is 3.61. The van der Waals surface area contributed by atoms with Crippen LogP contribution in [0.5, 0.6) is 0 Å². The first-order valence-electron chi connectivity index (χ1n) is 5.70. The van der Waals surface area contributed by atoms with Crippen molar-refractivity contribution in [1.29, 1.82) is 0 Å². The fourth-order valence-electron chi connectivity index (χ4n) is 2.17. The molecule has 1 aliphatic rings. The van der Waals surface area contributed by atoms with E-state index in [1.807, 2.05) is 6.20 Å². The minimum Gasteiger partial charge on any atom is -0.375 e. The van der Waals surface area contributed by atoms with Crippen molar-refractivity contribution >= 4 is 28.9 Å². The number of aromatic nitrogens is 1. The van der Waals surface area contributed by atoms with Gasteiger partial charge in [0.15, 0.2) is 5.13 Å². The van der Waals surface area contributed by atoms with Crippen LogP contribution >= 0.6 is 23.7 Å². The van der Waals surface area contributed by atoms with E-state index in [1.165, 1.54) is 37.2 Å². The molecule has 0 amide bonds. The van der Waals surface area contributed by atoms with Gasteiger partial charge in [-0.3, -0.25) is 4.90 Å². The Kier molecular flexibility index (Phi) is 5.52. The minimum absolute atomic E-state index is 0. The Labute approximate surface area is 107 Å². The molecule has 0 aliphatic carbocycles. The molecule has 92 valence electrons. The maximum Gasteiger partial charge on any atom is 0.180 e. The summed E-state index contributed by atoms with van der Waals surface area (Å²) in [5.41, 5.74) is 5.62. The van der Waals surface area contributed by atoms with Crippen molar-refractivity contribution in [1.82, 2.24) is 9.88 Å². The number of likely N-dealkylation sites (tertiary alicyclic amines) is 1. The molecule has 2 N–H and O–H groups in total. The molecule has 1 aromatic heterocycles. The molecule has 16 heavy (non-hydrogen) atoms. The molecule has 1 aliphatic heterocycles. The zero-order valence-electron chi connectivity index (χ0n) is 9.69. The van der Waals surface area contributed by atoms with Crippen LogP contribution in [0.2, 0.25) is 0 Å². The van der Waals surface area contributed by atoms with Gasteiger partial charge in [-0.1, -0.05) is 13.3 Å². The van der Waals surface area contributed by atoms with Crippen molar-refractivity contribution in [2.24, 2.45) is 5.92 Å². The average Bonchev–Trinajstić information content (AvgIpc) is 2.65. The summed E-state index contributed by atoms with van der Waals surface area (Å²) >= 11 is 1.61. The van der Waals surface area contributed by atoms with E-state index in [9.17, 15) is 0 Å². The van der Waals surface area contributed by atoms with E-state index in [2.05, 4.69) is 16.8 Å². The van der Waals surface area contributed by atoms with Crippen LogP contribution in [0.25, 0.3) is 0 Å². The van der Waals surface area contributed by atoms with Gasteiger partial charge in [0.25, 0.3) is 0 Å². The molecule has 0 bridgehead atoms. The maximum atomic E-state index is 5.62. The van der Waals surface area contributed by atoms with Crippen LogP contribution in [0.3, 0.4) is 0 Å². The molecule has 5 heteroatoms. The van der Waals surface area contributed by atoms with Crippen molar-refractivity contribution < 1.29 is 0 Å². The summed E-state index contributed by atoms with van der Waals surface area (Å²) in [6.07, 6.45) is 5.95. The molecule has 1 fully saturated rings.